The number of nitrogens with zero attached hydrogens (tertiary/aromatic N) is 2. The Bertz CT molecular complexity index is 299. The van der Waals surface area contributed by atoms with E-state index in [0.717, 1.165) is 12.2 Å². The van der Waals surface area contributed by atoms with Gasteiger partial charge in [0.25, 0.3) is 0 Å². The Morgan fingerprint density at radius 1 is 1.57 bits per heavy atom. The first-order valence-electron chi connectivity index (χ1n) is 4.81. The molecule has 4 heteroatoms. The number of hydrogen-bond donors (Lipinski definition) is 2. The second-order valence-corrected chi connectivity index (χ2v) is 4.33. The van der Waals surface area contributed by atoms with E-state index >= 15 is 0 Å². The molecule has 0 fully saturated rings. The van der Waals surface area contributed by atoms with Crippen LogP contribution in [0.2, 0.25) is 0 Å². The van der Waals surface area contributed by atoms with Crippen molar-refractivity contribution in [3.8, 4) is 0 Å². The van der Waals surface area contributed by atoms with Crippen molar-refractivity contribution in [3.05, 3.63) is 17.5 Å². The van der Waals surface area contributed by atoms with Gasteiger partial charge in [-0.05, 0) is 20.8 Å². The second kappa shape index (κ2) is 4.11. The normalized spacial score (nSPS) is 12.1. The molecule has 0 aliphatic rings. The molecule has 0 aliphatic carbocycles. The minimum Gasteiger partial charge on any atom is -0.389 e. The molecule has 0 saturated carbocycles. The standard InChI is InChI=1S/C10H19N3O/c1-8-9(6-13(4)12-8)5-11-7-10(2,3)14/h6,11,14H,5,7H2,1-4H3. The van der Waals surface area contributed by atoms with Crippen molar-refractivity contribution < 1.29 is 5.11 Å². The summed E-state index contributed by atoms with van der Waals surface area (Å²) in [5.74, 6) is 0. The second-order valence-electron chi connectivity index (χ2n) is 4.33. The Morgan fingerprint density at radius 2 is 2.21 bits per heavy atom. The average Bonchev–Trinajstić information content (AvgIpc) is 2.27. The SMILES string of the molecule is Cc1nn(C)cc1CNCC(C)(C)O. The molecule has 0 aromatic carbocycles. The summed E-state index contributed by atoms with van der Waals surface area (Å²) in [4.78, 5) is 0. The van der Waals surface area contributed by atoms with Crippen LogP contribution in [0.25, 0.3) is 0 Å². The smallest absolute Gasteiger partial charge is 0.0715 e. The molecule has 0 unspecified atom stereocenters. The molecule has 0 saturated heterocycles. The fraction of sp³-hybridized carbons (Fsp3) is 0.700. The van der Waals surface area contributed by atoms with Crippen LogP contribution in [0.1, 0.15) is 25.1 Å². The molecule has 80 valence electrons. The van der Waals surface area contributed by atoms with E-state index in [-0.39, 0.29) is 0 Å². The topological polar surface area (TPSA) is 50.1 Å². The lowest BCUT2D eigenvalue weighted by Gasteiger charge is -2.17. The molecule has 0 atom stereocenters. The molecular weight excluding hydrogens is 178 g/mol. The van der Waals surface area contributed by atoms with Gasteiger partial charge in [-0.25, -0.2) is 0 Å². The summed E-state index contributed by atoms with van der Waals surface area (Å²) in [6.07, 6.45) is 1.99. The van der Waals surface area contributed by atoms with Gasteiger partial charge in [-0.3, -0.25) is 4.68 Å². The minimum atomic E-state index is -0.657. The van der Waals surface area contributed by atoms with Gasteiger partial charge < -0.3 is 10.4 Å². The highest BCUT2D eigenvalue weighted by atomic mass is 16.3. The maximum atomic E-state index is 9.49. The van der Waals surface area contributed by atoms with Crippen LogP contribution in [-0.4, -0.2) is 27.0 Å². The van der Waals surface area contributed by atoms with Crippen LogP contribution in [0, 0.1) is 6.92 Å². The lowest BCUT2D eigenvalue weighted by Crippen LogP contribution is -2.34. The van der Waals surface area contributed by atoms with E-state index in [1.165, 1.54) is 5.56 Å². The monoisotopic (exact) mass is 197 g/mol. The van der Waals surface area contributed by atoms with Crippen molar-refractivity contribution >= 4 is 0 Å². The van der Waals surface area contributed by atoms with Crippen molar-refractivity contribution in [3.63, 3.8) is 0 Å². The van der Waals surface area contributed by atoms with Crippen LogP contribution >= 0.6 is 0 Å². The van der Waals surface area contributed by atoms with Crippen LogP contribution in [-0.2, 0) is 13.6 Å². The van der Waals surface area contributed by atoms with Gasteiger partial charge in [0, 0.05) is 31.9 Å². The molecule has 1 rings (SSSR count). The van der Waals surface area contributed by atoms with Crippen LogP contribution in [0.4, 0.5) is 0 Å². The number of aryl methyl sites for hydroxylation is 2. The highest BCUT2D eigenvalue weighted by Gasteiger charge is 2.11. The molecule has 1 aromatic heterocycles. The molecule has 14 heavy (non-hydrogen) atoms. The molecule has 1 heterocycles. The number of aliphatic hydroxyl groups is 1. The van der Waals surface area contributed by atoms with Gasteiger partial charge in [0.05, 0.1) is 11.3 Å². The Balaban J connectivity index is 2.42. The van der Waals surface area contributed by atoms with Crippen LogP contribution in [0.5, 0.6) is 0 Å². The van der Waals surface area contributed by atoms with E-state index in [0.29, 0.717) is 6.54 Å². The first kappa shape index (κ1) is 11.2. The molecule has 0 bridgehead atoms. The zero-order valence-electron chi connectivity index (χ0n) is 9.33. The molecule has 2 N–H and O–H groups in total. The van der Waals surface area contributed by atoms with Crippen molar-refractivity contribution in [2.24, 2.45) is 7.05 Å². The van der Waals surface area contributed by atoms with Gasteiger partial charge in [0.15, 0.2) is 0 Å². The highest BCUT2D eigenvalue weighted by molar-refractivity contribution is 5.14. The summed E-state index contributed by atoms with van der Waals surface area (Å²) >= 11 is 0. The fourth-order valence-corrected chi connectivity index (χ4v) is 1.33. The van der Waals surface area contributed by atoms with Gasteiger partial charge in [-0.15, -0.1) is 0 Å². The van der Waals surface area contributed by atoms with Crippen LogP contribution in [0.15, 0.2) is 6.20 Å². The van der Waals surface area contributed by atoms with E-state index in [1.807, 2.05) is 20.2 Å². The number of hydrogen-bond acceptors (Lipinski definition) is 3. The predicted octanol–water partition coefficient (Wildman–Crippen LogP) is 0.589. The van der Waals surface area contributed by atoms with Crippen molar-refractivity contribution in [1.82, 2.24) is 15.1 Å². The van der Waals surface area contributed by atoms with Gasteiger partial charge in [-0.1, -0.05) is 0 Å². The van der Waals surface area contributed by atoms with Gasteiger partial charge in [0.1, 0.15) is 0 Å². The first-order chi connectivity index (χ1) is 6.38. The zero-order valence-corrected chi connectivity index (χ0v) is 9.33. The molecule has 0 amide bonds. The number of aromatic nitrogens is 2. The average molecular weight is 197 g/mol. The Labute approximate surface area is 84.9 Å². The molecule has 0 spiro atoms. The van der Waals surface area contributed by atoms with Gasteiger partial charge >= 0.3 is 0 Å². The van der Waals surface area contributed by atoms with Crippen molar-refractivity contribution in [1.29, 1.82) is 0 Å². The molecule has 1 aromatic rings. The number of rotatable bonds is 4. The first-order valence-corrected chi connectivity index (χ1v) is 4.81. The Morgan fingerprint density at radius 3 is 2.64 bits per heavy atom. The summed E-state index contributed by atoms with van der Waals surface area (Å²) < 4.78 is 1.80. The quantitative estimate of drug-likeness (QED) is 0.742. The van der Waals surface area contributed by atoms with Crippen molar-refractivity contribution in [2.75, 3.05) is 6.54 Å². The Hall–Kier alpha value is -0.870. The summed E-state index contributed by atoms with van der Waals surface area (Å²) in [6, 6.07) is 0. The van der Waals surface area contributed by atoms with E-state index in [1.54, 1.807) is 18.5 Å². The lowest BCUT2D eigenvalue weighted by atomic mass is 10.1. The molecule has 0 aliphatic heterocycles. The minimum absolute atomic E-state index is 0.585. The third-order valence-electron chi connectivity index (χ3n) is 1.99. The summed E-state index contributed by atoms with van der Waals surface area (Å²) in [5.41, 5.74) is 1.56. The molecular formula is C10H19N3O. The van der Waals surface area contributed by atoms with Gasteiger partial charge in [-0.2, -0.15) is 5.10 Å². The zero-order chi connectivity index (χ0) is 10.8. The van der Waals surface area contributed by atoms with E-state index in [4.69, 9.17) is 0 Å². The van der Waals surface area contributed by atoms with Gasteiger partial charge in [0.2, 0.25) is 0 Å². The fourth-order valence-electron chi connectivity index (χ4n) is 1.33. The predicted molar refractivity (Wildman–Crippen MR) is 55.9 cm³/mol. The summed E-state index contributed by atoms with van der Waals surface area (Å²) in [7, 11) is 1.91. The van der Waals surface area contributed by atoms with E-state index < -0.39 is 5.60 Å². The summed E-state index contributed by atoms with van der Waals surface area (Å²) in [6.45, 7) is 6.90. The molecule has 0 radical (unpaired) electrons. The lowest BCUT2D eigenvalue weighted by molar-refractivity contribution is 0.0795. The third kappa shape index (κ3) is 3.47. The summed E-state index contributed by atoms with van der Waals surface area (Å²) in [5, 5.41) is 16.9. The third-order valence-corrected chi connectivity index (χ3v) is 1.99. The van der Waals surface area contributed by atoms with E-state index in [9.17, 15) is 5.11 Å². The molecule has 4 nitrogen and oxygen atoms in total. The van der Waals surface area contributed by atoms with Crippen LogP contribution < -0.4 is 5.32 Å². The maximum absolute atomic E-state index is 9.49. The number of nitrogens with one attached hydrogen (secondary N) is 1. The maximum Gasteiger partial charge on any atom is 0.0715 e. The van der Waals surface area contributed by atoms with E-state index in [2.05, 4.69) is 10.4 Å². The highest BCUT2D eigenvalue weighted by Crippen LogP contribution is 2.04. The van der Waals surface area contributed by atoms with Crippen molar-refractivity contribution in [2.45, 2.75) is 32.9 Å². The Kier molecular flexibility index (Phi) is 3.29. The largest absolute Gasteiger partial charge is 0.389 e. The van der Waals surface area contributed by atoms with Crippen LogP contribution in [0.3, 0.4) is 0 Å².